The number of benzene rings is 2. The molecule has 0 spiro atoms. The second kappa shape index (κ2) is 4.42. The average molecular weight is 293 g/mol. The highest BCUT2D eigenvalue weighted by molar-refractivity contribution is 5.98. The Bertz CT molecular complexity index is 1110. The van der Waals surface area contributed by atoms with Crippen LogP contribution in [0, 0.1) is 0 Å². The third-order valence-corrected chi connectivity index (χ3v) is 3.69. The van der Waals surface area contributed by atoms with Crippen molar-refractivity contribution < 1.29 is 9.53 Å². The summed E-state index contributed by atoms with van der Waals surface area (Å²) in [6.07, 6.45) is 0. The minimum absolute atomic E-state index is 0.262. The Kier molecular flexibility index (Phi) is 2.53. The van der Waals surface area contributed by atoms with Crippen LogP contribution in [0.1, 0.15) is 10.4 Å². The summed E-state index contributed by atoms with van der Waals surface area (Å²) in [6, 6.07) is 12.4. The lowest BCUT2D eigenvalue weighted by Crippen LogP contribution is -2.15. The van der Waals surface area contributed by atoms with Gasteiger partial charge in [-0.05, 0) is 30.3 Å². The minimum atomic E-state index is -0.433. The van der Waals surface area contributed by atoms with Crippen LogP contribution in [-0.4, -0.2) is 27.4 Å². The summed E-state index contributed by atoms with van der Waals surface area (Å²) in [7, 11) is 1.33. The molecule has 22 heavy (non-hydrogen) atoms. The molecule has 4 aromatic rings. The van der Waals surface area contributed by atoms with Crippen LogP contribution in [0.25, 0.3) is 27.6 Å². The van der Waals surface area contributed by atoms with E-state index in [4.69, 9.17) is 4.74 Å². The number of methoxy groups -OCH3 is 1. The first-order valence-electron chi connectivity index (χ1n) is 6.70. The predicted octanol–water partition coefficient (Wildman–Crippen LogP) is 2.12. The lowest BCUT2D eigenvalue weighted by atomic mass is 10.2. The molecular formula is C16H11N3O3. The summed E-state index contributed by atoms with van der Waals surface area (Å²) in [5.41, 5.74) is 2.65. The summed E-state index contributed by atoms with van der Waals surface area (Å²) >= 11 is 0. The maximum atomic E-state index is 12.3. The van der Waals surface area contributed by atoms with Gasteiger partial charge in [0.2, 0.25) is 0 Å². The van der Waals surface area contributed by atoms with Gasteiger partial charge in [-0.25, -0.2) is 19.0 Å². The van der Waals surface area contributed by atoms with E-state index < -0.39 is 5.97 Å². The van der Waals surface area contributed by atoms with Crippen LogP contribution in [0.2, 0.25) is 0 Å². The van der Waals surface area contributed by atoms with Crippen molar-refractivity contribution in [2.45, 2.75) is 0 Å². The lowest BCUT2D eigenvalue weighted by molar-refractivity contribution is 0.0601. The van der Waals surface area contributed by atoms with Crippen molar-refractivity contribution in [3.05, 3.63) is 58.5 Å². The van der Waals surface area contributed by atoms with Crippen molar-refractivity contribution in [3.63, 3.8) is 0 Å². The van der Waals surface area contributed by atoms with Gasteiger partial charge in [-0.3, -0.25) is 0 Å². The first-order valence-corrected chi connectivity index (χ1v) is 6.70. The number of aromatic amines is 1. The van der Waals surface area contributed by atoms with Crippen LogP contribution >= 0.6 is 0 Å². The molecule has 0 aliphatic rings. The van der Waals surface area contributed by atoms with Crippen molar-refractivity contribution in [1.29, 1.82) is 0 Å². The molecule has 6 nitrogen and oxygen atoms in total. The third-order valence-electron chi connectivity index (χ3n) is 3.69. The number of aromatic nitrogens is 3. The highest BCUT2D eigenvalue weighted by atomic mass is 16.5. The first-order chi connectivity index (χ1) is 10.7. The highest BCUT2D eigenvalue weighted by Crippen LogP contribution is 2.22. The second-order valence-corrected chi connectivity index (χ2v) is 4.94. The molecule has 0 amide bonds. The van der Waals surface area contributed by atoms with Gasteiger partial charge in [-0.15, -0.1) is 0 Å². The molecule has 0 saturated heterocycles. The molecule has 0 bridgehead atoms. The van der Waals surface area contributed by atoms with E-state index in [0.717, 1.165) is 10.9 Å². The molecule has 0 radical (unpaired) electrons. The van der Waals surface area contributed by atoms with Gasteiger partial charge in [0.15, 0.2) is 5.65 Å². The van der Waals surface area contributed by atoms with Crippen LogP contribution in [-0.2, 0) is 4.74 Å². The minimum Gasteiger partial charge on any atom is -0.465 e. The molecule has 0 unspecified atom stereocenters. The summed E-state index contributed by atoms with van der Waals surface area (Å²) in [5.74, 6) is -0.433. The molecule has 0 atom stereocenters. The van der Waals surface area contributed by atoms with Gasteiger partial charge in [-0.2, -0.15) is 0 Å². The maximum absolute atomic E-state index is 12.3. The number of para-hydroxylation sites is 1. The third kappa shape index (κ3) is 1.64. The van der Waals surface area contributed by atoms with Crippen LogP contribution in [0.5, 0.6) is 0 Å². The molecule has 1 N–H and O–H groups in total. The van der Waals surface area contributed by atoms with E-state index in [9.17, 15) is 9.59 Å². The summed E-state index contributed by atoms with van der Waals surface area (Å²) in [6.45, 7) is 0. The predicted molar refractivity (Wildman–Crippen MR) is 82.2 cm³/mol. The van der Waals surface area contributed by atoms with Gasteiger partial charge in [-0.1, -0.05) is 12.1 Å². The molecule has 6 heteroatoms. The number of ether oxygens (including phenoxy) is 1. The van der Waals surface area contributed by atoms with Crippen LogP contribution in [0.15, 0.2) is 47.3 Å². The summed E-state index contributed by atoms with van der Waals surface area (Å²) < 4.78 is 6.22. The molecule has 2 aromatic heterocycles. The molecule has 0 saturated carbocycles. The van der Waals surface area contributed by atoms with E-state index in [0.29, 0.717) is 22.2 Å². The zero-order valence-electron chi connectivity index (χ0n) is 11.7. The molecule has 0 fully saturated rings. The zero-order valence-corrected chi connectivity index (χ0v) is 11.7. The fraction of sp³-hybridized carbons (Fsp3) is 0.0625. The van der Waals surface area contributed by atoms with E-state index in [2.05, 4.69) is 9.97 Å². The number of imidazole rings is 1. The number of carbonyl (C=O) groups excluding carboxylic acids is 1. The monoisotopic (exact) mass is 293 g/mol. The number of hydrogen-bond acceptors (Lipinski definition) is 4. The standard InChI is InChI=1S/C16H11N3O3/c1-22-15(20)9-6-7-13-12(8-9)17-14-10-4-2-3-5-11(10)18-16(21)19(13)14/h2-8H,1H3,(H,18,21). The lowest BCUT2D eigenvalue weighted by Gasteiger charge is -2.00. The normalized spacial score (nSPS) is 11.3. The average Bonchev–Trinajstić information content (AvgIpc) is 2.93. The first kappa shape index (κ1) is 12.6. The fourth-order valence-electron chi connectivity index (χ4n) is 2.67. The van der Waals surface area contributed by atoms with Gasteiger partial charge >= 0.3 is 11.7 Å². The van der Waals surface area contributed by atoms with Gasteiger partial charge < -0.3 is 9.72 Å². The summed E-state index contributed by atoms with van der Waals surface area (Å²) in [4.78, 5) is 31.3. The van der Waals surface area contributed by atoms with Crippen LogP contribution in [0.4, 0.5) is 0 Å². The van der Waals surface area contributed by atoms with E-state index in [1.807, 2.05) is 24.3 Å². The van der Waals surface area contributed by atoms with Gasteiger partial charge in [0.1, 0.15) is 0 Å². The second-order valence-electron chi connectivity index (χ2n) is 4.94. The fourth-order valence-corrected chi connectivity index (χ4v) is 2.67. The van der Waals surface area contributed by atoms with Gasteiger partial charge in [0, 0.05) is 5.39 Å². The van der Waals surface area contributed by atoms with Crippen molar-refractivity contribution in [1.82, 2.24) is 14.4 Å². The number of nitrogens with one attached hydrogen (secondary N) is 1. The van der Waals surface area contributed by atoms with Crippen molar-refractivity contribution >= 4 is 33.6 Å². The summed E-state index contributed by atoms with van der Waals surface area (Å²) in [5, 5.41) is 0.845. The molecule has 2 heterocycles. The quantitative estimate of drug-likeness (QED) is 0.545. The zero-order chi connectivity index (χ0) is 15.3. The number of esters is 1. The van der Waals surface area contributed by atoms with E-state index in [1.165, 1.54) is 11.5 Å². The van der Waals surface area contributed by atoms with Crippen LogP contribution in [0.3, 0.4) is 0 Å². The Hall–Kier alpha value is -3.15. The molecular weight excluding hydrogens is 282 g/mol. The smallest absolute Gasteiger partial charge is 0.337 e. The number of rotatable bonds is 1. The number of hydrogen-bond donors (Lipinski definition) is 1. The SMILES string of the molecule is COC(=O)c1ccc2c(c1)nc1c3ccccc3[nH]c(=O)n21. The van der Waals surface area contributed by atoms with Crippen molar-refractivity contribution in [2.75, 3.05) is 7.11 Å². The van der Waals surface area contributed by atoms with Crippen LogP contribution < -0.4 is 5.69 Å². The molecule has 108 valence electrons. The Morgan fingerprint density at radius 2 is 2.05 bits per heavy atom. The van der Waals surface area contributed by atoms with E-state index in [-0.39, 0.29) is 5.69 Å². The number of fused-ring (bicyclic) bond motifs is 5. The Balaban J connectivity index is 2.17. The van der Waals surface area contributed by atoms with E-state index in [1.54, 1.807) is 18.2 Å². The van der Waals surface area contributed by atoms with Crippen molar-refractivity contribution in [2.24, 2.45) is 0 Å². The maximum Gasteiger partial charge on any atom is 0.337 e. The molecule has 4 rings (SSSR count). The van der Waals surface area contributed by atoms with Gasteiger partial charge in [0.25, 0.3) is 0 Å². The molecule has 0 aliphatic heterocycles. The molecule has 2 aromatic carbocycles. The topological polar surface area (TPSA) is 76.5 Å². The Labute approximate surface area is 124 Å². The molecule has 0 aliphatic carbocycles. The largest absolute Gasteiger partial charge is 0.465 e. The number of H-pyrrole nitrogens is 1. The van der Waals surface area contributed by atoms with Gasteiger partial charge in [0.05, 0.1) is 29.2 Å². The Morgan fingerprint density at radius 1 is 1.23 bits per heavy atom. The highest BCUT2D eigenvalue weighted by Gasteiger charge is 2.13. The number of carbonyl (C=O) groups is 1. The number of nitrogens with zero attached hydrogens (tertiary/aromatic N) is 2. The Morgan fingerprint density at radius 3 is 2.86 bits per heavy atom. The van der Waals surface area contributed by atoms with E-state index >= 15 is 0 Å². The van der Waals surface area contributed by atoms with Crippen molar-refractivity contribution in [3.8, 4) is 0 Å².